The number of hydrogen-bond donors (Lipinski definition) is 0. The highest BCUT2D eigenvalue weighted by molar-refractivity contribution is 6.18. The first kappa shape index (κ1) is 16.5. The van der Waals surface area contributed by atoms with Crippen LogP contribution < -0.4 is 9.80 Å². The van der Waals surface area contributed by atoms with Gasteiger partial charge in [0.1, 0.15) is 5.41 Å². The van der Waals surface area contributed by atoms with Crippen molar-refractivity contribution in [1.82, 2.24) is 0 Å². The van der Waals surface area contributed by atoms with Crippen molar-refractivity contribution in [3.05, 3.63) is 59.7 Å². The average molecular weight is 360 g/mol. The van der Waals surface area contributed by atoms with Gasteiger partial charge in [-0.05, 0) is 61.8 Å². The Kier molecular flexibility index (Phi) is 3.81. The molecular weight excluding hydrogens is 336 g/mol. The summed E-state index contributed by atoms with van der Waals surface area (Å²) in [5, 5.41) is 0. The molecule has 3 aliphatic rings. The number of anilines is 2. The van der Waals surface area contributed by atoms with Gasteiger partial charge in [-0.1, -0.05) is 36.4 Å². The molecule has 2 heterocycles. The summed E-state index contributed by atoms with van der Waals surface area (Å²) in [6.07, 6.45) is 5.25. The number of fused-ring (bicyclic) bond motifs is 2. The summed E-state index contributed by atoms with van der Waals surface area (Å²) < 4.78 is 0. The van der Waals surface area contributed by atoms with Gasteiger partial charge in [0.2, 0.25) is 11.8 Å². The Bertz CT molecular complexity index is 845. The van der Waals surface area contributed by atoms with Crippen molar-refractivity contribution in [3.8, 4) is 0 Å². The number of nitrogens with zero attached hydrogens (tertiary/aromatic N) is 2. The zero-order valence-electron chi connectivity index (χ0n) is 15.5. The van der Waals surface area contributed by atoms with Crippen LogP contribution in [-0.2, 0) is 22.4 Å². The molecule has 1 fully saturated rings. The molecule has 0 bridgehead atoms. The van der Waals surface area contributed by atoms with E-state index in [1.807, 2.05) is 46.2 Å². The highest BCUT2D eigenvalue weighted by atomic mass is 16.2. The number of amides is 2. The fourth-order valence-electron chi connectivity index (χ4n) is 4.65. The third-order valence-corrected chi connectivity index (χ3v) is 6.28. The molecule has 2 aliphatic heterocycles. The quantitative estimate of drug-likeness (QED) is 0.766. The molecule has 138 valence electrons. The maximum Gasteiger partial charge on any atom is 0.242 e. The van der Waals surface area contributed by atoms with Crippen molar-refractivity contribution in [3.63, 3.8) is 0 Å². The van der Waals surface area contributed by atoms with Gasteiger partial charge in [-0.15, -0.1) is 0 Å². The summed E-state index contributed by atoms with van der Waals surface area (Å²) in [5.74, 6) is 0.00501. The highest BCUT2D eigenvalue weighted by Crippen LogP contribution is 2.51. The average Bonchev–Trinajstić information content (AvgIpc) is 3.54. The van der Waals surface area contributed by atoms with E-state index in [9.17, 15) is 9.59 Å². The first-order valence-corrected chi connectivity index (χ1v) is 10.0. The topological polar surface area (TPSA) is 40.6 Å². The molecule has 2 aromatic carbocycles. The van der Waals surface area contributed by atoms with Crippen LogP contribution in [0.2, 0.25) is 0 Å². The van der Waals surface area contributed by atoms with E-state index in [4.69, 9.17) is 0 Å². The standard InChI is InChI=1S/C23H24N2O2/c26-21(24-15-5-9-17-7-1-3-11-19(17)24)23(13-14-23)22(27)25-16-6-10-18-8-2-4-12-20(18)25/h1-4,7-8,11-12H,5-6,9-10,13-16H2. The van der Waals surface area contributed by atoms with Gasteiger partial charge in [0.05, 0.1) is 0 Å². The molecule has 1 saturated carbocycles. The Morgan fingerprint density at radius 2 is 1.15 bits per heavy atom. The molecular formula is C23H24N2O2. The number of rotatable bonds is 2. The number of carbonyl (C=O) groups excluding carboxylic acids is 2. The van der Waals surface area contributed by atoms with E-state index >= 15 is 0 Å². The first-order valence-electron chi connectivity index (χ1n) is 10.0. The predicted molar refractivity (Wildman–Crippen MR) is 106 cm³/mol. The summed E-state index contributed by atoms with van der Waals surface area (Å²) in [7, 11) is 0. The van der Waals surface area contributed by atoms with Crippen molar-refractivity contribution >= 4 is 23.2 Å². The van der Waals surface area contributed by atoms with Gasteiger partial charge >= 0.3 is 0 Å². The number of carbonyl (C=O) groups is 2. The Balaban J connectivity index is 1.46. The molecule has 5 rings (SSSR count). The Morgan fingerprint density at radius 3 is 1.59 bits per heavy atom. The summed E-state index contributed by atoms with van der Waals surface area (Å²) in [5.41, 5.74) is 3.56. The van der Waals surface area contributed by atoms with Crippen LogP contribution in [0.15, 0.2) is 48.5 Å². The van der Waals surface area contributed by atoms with Gasteiger partial charge in [0, 0.05) is 24.5 Å². The molecule has 0 radical (unpaired) electrons. The number of para-hydroxylation sites is 2. The number of benzene rings is 2. The Labute approximate surface area is 159 Å². The van der Waals surface area contributed by atoms with Gasteiger partial charge < -0.3 is 9.80 Å². The zero-order valence-corrected chi connectivity index (χ0v) is 15.5. The van der Waals surface area contributed by atoms with Gasteiger partial charge in [-0.25, -0.2) is 0 Å². The van der Waals surface area contributed by atoms with E-state index < -0.39 is 5.41 Å². The minimum Gasteiger partial charge on any atom is -0.311 e. The minimum atomic E-state index is -0.852. The van der Waals surface area contributed by atoms with Crippen LogP contribution >= 0.6 is 0 Å². The van der Waals surface area contributed by atoms with Crippen LogP contribution in [0.5, 0.6) is 0 Å². The molecule has 0 atom stereocenters. The summed E-state index contributed by atoms with van der Waals surface area (Å²) in [4.78, 5) is 30.8. The van der Waals surface area contributed by atoms with Crippen molar-refractivity contribution in [1.29, 1.82) is 0 Å². The molecule has 2 amide bonds. The molecule has 0 spiro atoms. The van der Waals surface area contributed by atoms with Crippen LogP contribution in [0.25, 0.3) is 0 Å². The molecule has 0 aromatic heterocycles. The Morgan fingerprint density at radius 1 is 0.704 bits per heavy atom. The predicted octanol–water partition coefficient (Wildman–Crippen LogP) is 3.73. The van der Waals surface area contributed by atoms with Crippen molar-refractivity contribution in [2.24, 2.45) is 5.41 Å². The number of hydrogen-bond acceptors (Lipinski definition) is 2. The van der Waals surface area contributed by atoms with E-state index in [0.29, 0.717) is 25.9 Å². The lowest BCUT2D eigenvalue weighted by Crippen LogP contribution is -2.49. The lowest BCUT2D eigenvalue weighted by atomic mass is 9.95. The largest absolute Gasteiger partial charge is 0.311 e. The molecule has 4 heteroatoms. The van der Waals surface area contributed by atoms with Gasteiger partial charge in [0.15, 0.2) is 0 Å². The van der Waals surface area contributed by atoms with E-state index in [2.05, 4.69) is 12.1 Å². The van der Waals surface area contributed by atoms with Gasteiger partial charge in [0.25, 0.3) is 0 Å². The van der Waals surface area contributed by atoms with E-state index in [1.54, 1.807) is 0 Å². The Hall–Kier alpha value is -2.62. The van der Waals surface area contributed by atoms with Crippen LogP contribution in [0.1, 0.15) is 36.8 Å². The zero-order chi connectivity index (χ0) is 18.4. The third-order valence-electron chi connectivity index (χ3n) is 6.28. The summed E-state index contributed by atoms with van der Waals surface area (Å²) >= 11 is 0. The molecule has 1 aliphatic carbocycles. The lowest BCUT2D eigenvalue weighted by molar-refractivity contribution is -0.134. The summed E-state index contributed by atoms with van der Waals surface area (Å²) in [6, 6.07) is 16.2. The highest BCUT2D eigenvalue weighted by Gasteiger charge is 2.60. The van der Waals surface area contributed by atoms with Crippen molar-refractivity contribution < 1.29 is 9.59 Å². The van der Waals surface area contributed by atoms with Crippen LogP contribution in [0.4, 0.5) is 11.4 Å². The second-order valence-electron chi connectivity index (χ2n) is 7.96. The molecule has 4 nitrogen and oxygen atoms in total. The first-order chi connectivity index (χ1) is 13.2. The second-order valence-corrected chi connectivity index (χ2v) is 7.96. The molecule has 27 heavy (non-hydrogen) atoms. The SMILES string of the molecule is O=C(N1CCCc2ccccc21)C1(C(=O)N2CCCc3ccccc32)CC1. The van der Waals surface area contributed by atoms with Crippen LogP contribution in [0, 0.1) is 5.41 Å². The maximum atomic E-state index is 13.5. The molecule has 0 unspecified atom stereocenters. The fraction of sp³-hybridized carbons (Fsp3) is 0.391. The monoisotopic (exact) mass is 360 g/mol. The van der Waals surface area contributed by atoms with Crippen molar-refractivity contribution in [2.75, 3.05) is 22.9 Å². The molecule has 0 saturated heterocycles. The van der Waals surface area contributed by atoms with E-state index in [0.717, 1.165) is 37.1 Å². The maximum absolute atomic E-state index is 13.5. The van der Waals surface area contributed by atoms with E-state index in [-0.39, 0.29) is 11.8 Å². The smallest absolute Gasteiger partial charge is 0.242 e. The number of aryl methyl sites for hydroxylation is 2. The van der Waals surface area contributed by atoms with Crippen LogP contribution in [-0.4, -0.2) is 24.9 Å². The van der Waals surface area contributed by atoms with Gasteiger partial charge in [-0.3, -0.25) is 9.59 Å². The van der Waals surface area contributed by atoms with Crippen LogP contribution in [0.3, 0.4) is 0 Å². The lowest BCUT2D eigenvalue weighted by Gasteiger charge is -2.36. The minimum absolute atomic E-state index is 0.00250. The third kappa shape index (κ3) is 2.58. The van der Waals surface area contributed by atoms with Gasteiger partial charge in [-0.2, -0.15) is 0 Å². The normalized spacial score (nSPS) is 19.9. The molecule has 2 aromatic rings. The molecule has 0 N–H and O–H groups in total. The van der Waals surface area contributed by atoms with E-state index in [1.165, 1.54) is 11.1 Å². The second kappa shape index (κ2) is 6.22. The summed E-state index contributed by atoms with van der Waals surface area (Å²) in [6.45, 7) is 1.42. The van der Waals surface area contributed by atoms with Crippen molar-refractivity contribution in [2.45, 2.75) is 38.5 Å². The fourth-order valence-corrected chi connectivity index (χ4v) is 4.65.